The molecule has 0 radical (unpaired) electrons. The predicted molar refractivity (Wildman–Crippen MR) is 112 cm³/mol. The van der Waals surface area contributed by atoms with Crippen molar-refractivity contribution in [1.29, 1.82) is 0 Å². The number of benzene rings is 2. The Labute approximate surface area is 169 Å². The minimum atomic E-state index is -0.385. The van der Waals surface area contributed by atoms with Gasteiger partial charge in [0, 0.05) is 67.7 Å². The molecule has 2 heterocycles. The number of aromatic nitrogens is 2. The van der Waals surface area contributed by atoms with Crippen molar-refractivity contribution < 1.29 is 4.92 Å². The maximum Gasteiger partial charge on any atom is 0.269 e. The van der Waals surface area contributed by atoms with Crippen LogP contribution in [0, 0.1) is 10.1 Å². The summed E-state index contributed by atoms with van der Waals surface area (Å²) in [5.41, 5.74) is 3.74. The van der Waals surface area contributed by atoms with Crippen LogP contribution in [0.25, 0.3) is 22.6 Å². The molecule has 7 nitrogen and oxygen atoms in total. The summed E-state index contributed by atoms with van der Waals surface area (Å²) < 4.78 is 0. The molecule has 1 saturated heterocycles. The normalized spacial score (nSPS) is 15.3. The van der Waals surface area contributed by atoms with Gasteiger partial charge in [-0.3, -0.25) is 15.0 Å². The van der Waals surface area contributed by atoms with Crippen LogP contribution in [0.1, 0.15) is 5.56 Å². The molecule has 2 aromatic carbocycles. The lowest BCUT2D eigenvalue weighted by atomic mass is 10.1. The highest BCUT2D eigenvalue weighted by atomic mass is 16.6. The third kappa shape index (κ3) is 4.47. The Morgan fingerprint density at radius 2 is 1.66 bits per heavy atom. The Morgan fingerprint density at radius 1 is 0.966 bits per heavy atom. The molecule has 0 spiro atoms. The number of nitro benzene ring substituents is 1. The molecule has 0 bridgehead atoms. The lowest BCUT2D eigenvalue weighted by Crippen LogP contribution is -2.44. The van der Waals surface area contributed by atoms with Crippen molar-refractivity contribution in [2.45, 2.75) is 6.54 Å². The van der Waals surface area contributed by atoms with Crippen LogP contribution < -0.4 is 0 Å². The fourth-order valence-corrected chi connectivity index (χ4v) is 3.49. The first-order chi connectivity index (χ1) is 14.1. The van der Waals surface area contributed by atoms with E-state index in [9.17, 15) is 10.1 Å². The number of likely N-dealkylation sites (N-methyl/N-ethyl adjacent to an activating group) is 1. The van der Waals surface area contributed by atoms with Gasteiger partial charge in [-0.05, 0) is 19.2 Å². The van der Waals surface area contributed by atoms with Crippen LogP contribution in [-0.4, -0.2) is 57.9 Å². The second kappa shape index (κ2) is 8.46. The summed E-state index contributed by atoms with van der Waals surface area (Å²) in [6.45, 7) is 4.83. The van der Waals surface area contributed by atoms with Gasteiger partial charge in [0.25, 0.3) is 5.69 Å². The van der Waals surface area contributed by atoms with Crippen LogP contribution in [0.5, 0.6) is 0 Å². The quantitative estimate of drug-likeness (QED) is 0.491. The molecule has 0 unspecified atom stereocenters. The van der Waals surface area contributed by atoms with E-state index in [1.165, 1.54) is 12.1 Å². The van der Waals surface area contributed by atoms with E-state index in [1.807, 2.05) is 36.5 Å². The van der Waals surface area contributed by atoms with E-state index in [-0.39, 0.29) is 10.6 Å². The molecule has 0 atom stereocenters. The summed E-state index contributed by atoms with van der Waals surface area (Å²) in [6.07, 6.45) is 1.89. The SMILES string of the molecule is CN1CCN(Cc2cnc(-c3ccccc3)nc2-c2ccc([N+](=O)[O-])cc2)CC1. The molecule has 0 amide bonds. The molecule has 1 aliphatic rings. The monoisotopic (exact) mass is 389 g/mol. The van der Waals surface area contributed by atoms with E-state index < -0.39 is 0 Å². The van der Waals surface area contributed by atoms with Gasteiger partial charge in [0.1, 0.15) is 0 Å². The van der Waals surface area contributed by atoms with Gasteiger partial charge in [0.2, 0.25) is 0 Å². The van der Waals surface area contributed by atoms with E-state index >= 15 is 0 Å². The van der Waals surface area contributed by atoms with Gasteiger partial charge in [-0.15, -0.1) is 0 Å². The first-order valence-electron chi connectivity index (χ1n) is 9.67. The predicted octanol–water partition coefficient (Wildman–Crippen LogP) is 3.47. The van der Waals surface area contributed by atoms with Gasteiger partial charge < -0.3 is 4.90 Å². The van der Waals surface area contributed by atoms with Gasteiger partial charge in [0.15, 0.2) is 5.82 Å². The standard InChI is InChI=1S/C22H23N5O2/c1-25-11-13-26(14-12-25)16-19-15-23-22(18-5-3-2-4-6-18)24-21(19)17-7-9-20(10-8-17)27(28)29/h2-10,15H,11-14,16H2,1H3. The molecule has 0 aliphatic carbocycles. The Balaban J connectivity index is 1.70. The number of hydrogen-bond donors (Lipinski definition) is 0. The van der Waals surface area contributed by atoms with Gasteiger partial charge in [0.05, 0.1) is 10.6 Å². The van der Waals surface area contributed by atoms with E-state index in [1.54, 1.807) is 12.1 Å². The summed E-state index contributed by atoms with van der Waals surface area (Å²) in [6, 6.07) is 16.4. The highest BCUT2D eigenvalue weighted by Crippen LogP contribution is 2.27. The van der Waals surface area contributed by atoms with E-state index in [4.69, 9.17) is 4.98 Å². The molecule has 3 aromatic rings. The molecular formula is C22H23N5O2. The maximum atomic E-state index is 11.0. The summed E-state index contributed by atoms with van der Waals surface area (Å²) >= 11 is 0. The summed E-state index contributed by atoms with van der Waals surface area (Å²) in [7, 11) is 2.14. The molecule has 0 N–H and O–H groups in total. The molecule has 7 heteroatoms. The first-order valence-corrected chi connectivity index (χ1v) is 9.67. The molecule has 1 fully saturated rings. The minimum Gasteiger partial charge on any atom is -0.304 e. The zero-order valence-electron chi connectivity index (χ0n) is 16.4. The van der Waals surface area contributed by atoms with Crippen molar-refractivity contribution in [3.8, 4) is 22.6 Å². The van der Waals surface area contributed by atoms with Crippen LogP contribution in [0.15, 0.2) is 60.8 Å². The van der Waals surface area contributed by atoms with Crippen molar-refractivity contribution in [3.05, 3.63) is 76.5 Å². The topological polar surface area (TPSA) is 75.4 Å². The number of non-ortho nitro benzene ring substituents is 1. The first kappa shape index (κ1) is 19.2. The highest BCUT2D eigenvalue weighted by Gasteiger charge is 2.18. The van der Waals surface area contributed by atoms with Crippen LogP contribution in [0.2, 0.25) is 0 Å². The summed E-state index contributed by atoms with van der Waals surface area (Å²) in [5.74, 6) is 0.654. The van der Waals surface area contributed by atoms with Crippen molar-refractivity contribution in [1.82, 2.24) is 19.8 Å². The molecule has 0 saturated carbocycles. The summed E-state index contributed by atoms with van der Waals surface area (Å²) in [5, 5.41) is 11.0. The largest absolute Gasteiger partial charge is 0.304 e. The molecule has 29 heavy (non-hydrogen) atoms. The Kier molecular flexibility index (Phi) is 5.59. The second-order valence-corrected chi connectivity index (χ2v) is 7.32. The highest BCUT2D eigenvalue weighted by molar-refractivity contribution is 5.67. The Morgan fingerprint density at radius 3 is 2.31 bits per heavy atom. The number of piperazine rings is 1. The smallest absolute Gasteiger partial charge is 0.269 e. The third-order valence-electron chi connectivity index (χ3n) is 5.24. The van der Waals surface area contributed by atoms with Crippen LogP contribution in [-0.2, 0) is 6.54 Å². The second-order valence-electron chi connectivity index (χ2n) is 7.32. The van der Waals surface area contributed by atoms with Gasteiger partial charge in [-0.25, -0.2) is 9.97 Å². The van der Waals surface area contributed by atoms with Crippen LogP contribution in [0.3, 0.4) is 0 Å². The fourth-order valence-electron chi connectivity index (χ4n) is 3.49. The lowest BCUT2D eigenvalue weighted by molar-refractivity contribution is -0.384. The van der Waals surface area contributed by atoms with E-state index in [0.717, 1.165) is 55.1 Å². The zero-order chi connectivity index (χ0) is 20.2. The van der Waals surface area contributed by atoms with Crippen molar-refractivity contribution >= 4 is 5.69 Å². The number of nitro groups is 1. The van der Waals surface area contributed by atoms with Gasteiger partial charge in [-0.2, -0.15) is 0 Å². The fraction of sp³-hybridized carbons (Fsp3) is 0.273. The molecule has 1 aromatic heterocycles. The van der Waals surface area contributed by atoms with Crippen LogP contribution >= 0.6 is 0 Å². The van der Waals surface area contributed by atoms with Crippen LogP contribution in [0.4, 0.5) is 5.69 Å². The Hall–Kier alpha value is -3.16. The maximum absolute atomic E-state index is 11.0. The summed E-state index contributed by atoms with van der Waals surface area (Å²) in [4.78, 5) is 24.8. The van der Waals surface area contributed by atoms with Crippen molar-refractivity contribution in [3.63, 3.8) is 0 Å². The van der Waals surface area contributed by atoms with E-state index in [0.29, 0.717) is 5.82 Å². The number of hydrogen-bond acceptors (Lipinski definition) is 6. The number of nitrogens with zero attached hydrogens (tertiary/aromatic N) is 5. The minimum absolute atomic E-state index is 0.0757. The molecule has 4 rings (SSSR count). The average Bonchev–Trinajstić information content (AvgIpc) is 2.76. The van der Waals surface area contributed by atoms with Gasteiger partial charge in [-0.1, -0.05) is 30.3 Å². The molecule has 1 aliphatic heterocycles. The van der Waals surface area contributed by atoms with Crippen molar-refractivity contribution in [2.24, 2.45) is 0 Å². The van der Waals surface area contributed by atoms with Crippen molar-refractivity contribution in [2.75, 3.05) is 33.2 Å². The zero-order valence-corrected chi connectivity index (χ0v) is 16.4. The van der Waals surface area contributed by atoms with Gasteiger partial charge >= 0.3 is 0 Å². The molecular weight excluding hydrogens is 366 g/mol. The van der Waals surface area contributed by atoms with E-state index in [2.05, 4.69) is 21.8 Å². The average molecular weight is 389 g/mol. The Bertz CT molecular complexity index is 984. The third-order valence-corrected chi connectivity index (χ3v) is 5.24. The lowest BCUT2D eigenvalue weighted by Gasteiger charge is -2.32. The molecule has 148 valence electrons. The number of rotatable bonds is 5.